The third-order valence-electron chi connectivity index (χ3n) is 6.12. The van der Waals surface area contributed by atoms with Crippen molar-refractivity contribution in [2.45, 2.75) is 37.3 Å². The van der Waals surface area contributed by atoms with E-state index in [4.69, 9.17) is 34.0 Å². The van der Waals surface area contributed by atoms with Crippen molar-refractivity contribution in [1.29, 1.82) is 0 Å². The van der Waals surface area contributed by atoms with E-state index in [0.29, 0.717) is 18.2 Å². The summed E-state index contributed by atoms with van der Waals surface area (Å²) in [5.41, 5.74) is 1.66. The fourth-order valence-corrected chi connectivity index (χ4v) is 4.35. The SMILES string of the molecule is COCC1CCN(C)C2(C1)CN(Cc1ccc3c(c1)OCO3)C2.O=C(O)C(F)(F)F.O=C(O)C(F)(F)F. The molecule has 1 atom stereocenters. The van der Waals surface area contributed by atoms with E-state index >= 15 is 0 Å². The van der Waals surface area contributed by atoms with Gasteiger partial charge < -0.3 is 24.4 Å². The Hall–Kier alpha value is -2.78. The lowest BCUT2D eigenvalue weighted by atomic mass is 9.75. The van der Waals surface area contributed by atoms with Crippen molar-refractivity contribution in [3.8, 4) is 11.5 Å². The number of hydrogen-bond donors (Lipinski definition) is 2. The quantitative estimate of drug-likeness (QED) is 0.551. The molecule has 0 saturated carbocycles. The van der Waals surface area contributed by atoms with E-state index < -0.39 is 24.3 Å². The molecule has 1 unspecified atom stereocenters. The van der Waals surface area contributed by atoms with Crippen LogP contribution in [-0.2, 0) is 20.9 Å². The maximum Gasteiger partial charge on any atom is 0.490 e. The summed E-state index contributed by atoms with van der Waals surface area (Å²) in [5, 5.41) is 14.2. The Morgan fingerprint density at radius 2 is 1.59 bits per heavy atom. The minimum atomic E-state index is -5.08. The highest BCUT2D eigenvalue weighted by Crippen LogP contribution is 2.39. The third-order valence-corrected chi connectivity index (χ3v) is 6.12. The molecule has 2 N–H and O–H groups in total. The van der Waals surface area contributed by atoms with Crippen LogP contribution < -0.4 is 9.47 Å². The van der Waals surface area contributed by atoms with Crippen molar-refractivity contribution >= 4 is 11.9 Å². The van der Waals surface area contributed by atoms with Gasteiger partial charge >= 0.3 is 24.3 Å². The van der Waals surface area contributed by atoms with Gasteiger partial charge in [-0.2, -0.15) is 26.3 Å². The first kappa shape index (κ1) is 30.4. The van der Waals surface area contributed by atoms with Crippen LogP contribution in [0.15, 0.2) is 18.2 Å². The zero-order valence-corrected chi connectivity index (χ0v) is 20.1. The standard InChI is InChI=1S/C18H26N2O3.2C2HF3O2/c1-19-6-5-15(10-21-2)8-18(19)11-20(12-18)9-14-3-4-16-17(7-14)23-13-22-16;2*3-2(4,5)1(6)7/h3-4,7,15H,5-6,8-13H2,1-2H3;2*(H,6,7). The van der Waals surface area contributed by atoms with E-state index in [9.17, 15) is 26.3 Å². The minimum absolute atomic E-state index is 0.345. The number of aliphatic carboxylic acids is 2. The molecule has 15 heteroatoms. The molecule has 1 aromatic rings. The van der Waals surface area contributed by atoms with Gasteiger partial charge in [-0.15, -0.1) is 0 Å². The Labute approximate surface area is 208 Å². The molecule has 3 aliphatic rings. The summed E-state index contributed by atoms with van der Waals surface area (Å²) < 4.78 is 79.7. The molecule has 2 saturated heterocycles. The van der Waals surface area contributed by atoms with Crippen LogP contribution in [0.4, 0.5) is 26.3 Å². The maximum absolute atomic E-state index is 10.6. The number of methoxy groups -OCH3 is 1. The molecule has 0 aliphatic carbocycles. The van der Waals surface area contributed by atoms with E-state index in [-0.39, 0.29) is 0 Å². The first-order chi connectivity index (χ1) is 17.1. The van der Waals surface area contributed by atoms with Gasteiger partial charge in [0, 0.05) is 38.9 Å². The normalized spacial score (nSPS) is 20.7. The minimum Gasteiger partial charge on any atom is -0.475 e. The van der Waals surface area contributed by atoms with Crippen molar-refractivity contribution in [3.05, 3.63) is 23.8 Å². The molecule has 1 spiro atoms. The highest BCUT2D eigenvalue weighted by Gasteiger charge is 2.49. The molecule has 210 valence electrons. The predicted octanol–water partition coefficient (Wildman–Crippen LogP) is 3.22. The van der Waals surface area contributed by atoms with Gasteiger partial charge in [0.25, 0.3) is 0 Å². The number of carboxylic acid groups (broad SMARTS) is 2. The van der Waals surface area contributed by atoms with Gasteiger partial charge in [0.2, 0.25) is 6.79 Å². The van der Waals surface area contributed by atoms with E-state index in [2.05, 4.69) is 29.0 Å². The lowest BCUT2D eigenvalue weighted by Crippen LogP contribution is -2.71. The summed E-state index contributed by atoms with van der Waals surface area (Å²) in [6, 6.07) is 6.29. The zero-order valence-electron chi connectivity index (χ0n) is 20.1. The van der Waals surface area contributed by atoms with Crippen LogP contribution in [-0.4, -0.2) is 97.0 Å². The van der Waals surface area contributed by atoms with Gasteiger partial charge in [0.1, 0.15) is 0 Å². The zero-order chi connectivity index (χ0) is 28.0. The molecule has 3 aliphatic heterocycles. The molecule has 1 aromatic carbocycles. The molecule has 0 aromatic heterocycles. The first-order valence-corrected chi connectivity index (χ1v) is 11.0. The summed E-state index contributed by atoms with van der Waals surface area (Å²) in [6.07, 6.45) is -7.65. The van der Waals surface area contributed by atoms with Crippen LogP contribution in [0.3, 0.4) is 0 Å². The monoisotopic (exact) mass is 546 g/mol. The Morgan fingerprint density at radius 1 is 1.05 bits per heavy atom. The van der Waals surface area contributed by atoms with Crippen molar-refractivity contribution in [2.75, 3.05) is 47.2 Å². The summed E-state index contributed by atoms with van der Waals surface area (Å²) in [7, 11) is 4.10. The Balaban J connectivity index is 0.000000286. The molecule has 9 nitrogen and oxygen atoms in total. The van der Waals surface area contributed by atoms with Gasteiger partial charge in [-0.25, -0.2) is 9.59 Å². The summed E-state index contributed by atoms with van der Waals surface area (Å²) in [4.78, 5) is 22.9. The lowest BCUT2D eigenvalue weighted by molar-refractivity contribution is -0.193. The highest BCUT2D eigenvalue weighted by atomic mass is 19.4. The van der Waals surface area contributed by atoms with Gasteiger partial charge in [-0.05, 0) is 50.0 Å². The molecule has 0 radical (unpaired) electrons. The Morgan fingerprint density at radius 3 is 2.11 bits per heavy atom. The number of piperidine rings is 1. The van der Waals surface area contributed by atoms with E-state index in [1.54, 1.807) is 0 Å². The second-order valence-corrected chi connectivity index (χ2v) is 8.90. The number of halogens is 6. The summed E-state index contributed by atoms with van der Waals surface area (Å²) in [6.45, 7) is 5.72. The molecule has 4 rings (SSSR count). The molecular weight excluding hydrogens is 518 g/mol. The van der Waals surface area contributed by atoms with E-state index in [1.165, 1.54) is 24.9 Å². The van der Waals surface area contributed by atoms with Crippen molar-refractivity contribution in [3.63, 3.8) is 0 Å². The molecule has 2 fully saturated rings. The van der Waals surface area contributed by atoms with E-state index in [1.807, 2.05) is 13.2 Å². The topological polar surface area (TPSA) is 109 Å². The average Bonchev–Trinajstić information content (AvgIpc) is 3.22. The van der Waals surface area contributed by atoms with Gasteiger partial charge in [-0.3, -0.25) is 9.80 Å². The number of carboxylic acids is 2. The van der Waals surface area contributed by atoms with E-state index in [0.717, 1.165) is 37.7 Å². The van der Waals surface area contributed by atoms with Gasteiger partial charge in [0.05, 0.1) is 0 Å². The van der Waals surface area contributed by atoms with Crippen LogP contribution in [0.5, 0.6) is 11.5 Å². The number of carbonyl (C=O) groups is 2. The molecule has 0 amide bonds. The number of fused-ring (bicyclic) bond motifs is 1. The van der Waals surface area contributed by atoms with Crippen LogP contribution in [0, 0.1) is 5.92 Å². The van der Waals surface area contributed by atoms with Crippen LogP contribution in [0.2, 0.25) is 0 Å². The van der Waals surface area contributed by atoms with Crippen molar-refractivity contribution in [1.82, 2.24) is 9.80 Å². The number of rotatable bonds is 4. The fourth-order valence-electron chi connectivity index (χ4n) is 4.35. The summed E-state index contributed by atoms with van der Waals surface area (Å²) >= 11 is 0. The number of alkyl halides is 6. The van der Waals surface area contributed by atoms with Gasteiger partial charge in [0.15, 0.2) is 11.5 Å². The van der Waals surface area contributed by atoms with Crippen molar-refractivity contribution < 1.29 is 60.4 Å². The molecular formula is C22H28F6N2O7. The molecule has 0 bridgehead atoms. The average molecular weight is 546 g/mol. The first-order valence-electron chi connectivity index (χ1n) is 11.0. The van der Waals surface area contributed by atoms with Crippen LogP contribution in [0.25, 0.3) is 0 Å². The molecule has 3 heterocycles. The largest absolute Gasteiger partial charge is 0.490 e. The number of benzene rings is 1. The maximum atomic E-state index is 10.6. The Bertz CT molecular complexity index is 911. The van der Waals surface area contributed by atoms with Crippen LogP contribution in [0.1, 0.15) is 18.4 Å². The number of likely N-dealkylation sites (N-methyl/N-ethyl adjacent to an activating group) is 1. The second-order valence-electron chi connectivity index (χ2n) is 8.90. The fraction of sp³-hybridized carbons (Fsp3) is 0.636. The predicted molar refractivity (Wildman–Crippen MR) is 115 cm³/mol. The Kier molecular flexibility index (Phi) is 10.0. The van der Waals surface area contributed by atoms with Gasteiger partial charge in [-0.1, -0.05) is 6.07 Å². The number of ether oxygens (including phenoxy) is 3. The molecule has 37 heavy (non-hydrogen) atoms. The second kappa shape index (κ2) is 12.2. The lowest BCUT2D eigenvalue weighted by Gasteiger charge is -2.58. The number of hydrogen-bond acceptors (Lipinski definition) is 7. The summed E-state index contributed by atoms with van der Waals surface area (Å²) in [5.74, 6) is -3.06. The van der Waals surface area contributed by atoms with Crippen LogP contribution >= 0.6 is 0 Å². The highest BCUT2D eigenvalue weighted by molar-refractivity contribution is 5.73. The third kappa shape index (κ3) is 8.64. The number of nitrogens with zero attached hydrogens (tertiary/aromatic N) is 2. The number of likely N-dealkylation sites (tertiary alicyclic amines) is 2. The smallest absolute Gasteiger partial charge is 0.475 e. The van der Waals surface area contributed by atoms with Crippen molar-refractivity contribution in [2.24, 2.45) is 5.92 Å².